The number of oxime groups is 1. The van der Waals surface area contributed by atoms with Crippen molar-refractivity contribution in [2.24, 2.45) is 22.9 Å². The van der Waals surface area contributed by atoms with E-state index in [1.165, 1.54) is 19.2 Å². The second kappa shape index (κ2) is 20.0. The van der Waals surface area contributed by atoms with Gasteiger partial charge in [0.25, 0.3) is 11.6 Å². The zero-order valence-electron chi connectivity index (χ0n) is 36.2. The van der Waals surface area contributed by atoms with E-state index in [2.05, 4.69) is 23.9 Å². The van der Waals surface area contributed by atoms with Crippen LogP contribution < -0.4 is 18.9 Å². The van der Waals surface area contributed by atoms with E-state index in [0.29, 0.717) is 52.7 Å². The molecule has 0 spiro atoms. The minimum absolute atomic E-state index is 0.00971. The summed E-state index contributed by atoms with van der Waals surface area (Å²) < 4.78 is 32.2. The molecule has 8 rings (SSSR count). The first-order chi connectivity index (χ1) is 31.7. The minimum Gasteiger partial charge on any atom is -0.459 e. The van der Waals surface area contributed by atoms with E-state index in [1.54, 1.807) is 53.4 Å². The SMILES string of the molecule is C=CCOC12Oc3ccc(Oc4cccc([N+](=O)[O-])c4)cc3C3C(CCCCO)C(CCCCO)C=C(C(=NOC)CC1N(Cc1ccc4c(c1)OCO4)C(=O)c1ccc(C#N)cc1)C32. The topological polar surface area (TPSA) is 195 Å². The lowest BCUT2D eigenvalue weighted by Gasteiger charge is -2.60. The standard InChI is InChI=1S/C50H52N4O11/c1-3-23-63-50-46(53(49(57)34-16-13-32(29-51)14-17-34)30-33-15-19-44-45(24-33)62-31-61-44)28-42(52-60-2)40-25-35(9-4-6-21-55)39(12-5-7-22-56)47(48(40)50)41-27-38(18-20-43(41)65-50)64-37-11-8-10-36(26-37)54(58)59/h3,8,10-11,13-20,24-27,35,39,46-48,55-56H,1,4-7,9,12,21-23,28,30-31H2,2H3. The molecule has 65 heavy (non-hydrogen) atoms. The van der Waals surface area contributed by atoms with E-state index in [9.17, 15) is 25.6 Å². The summed E-state index contributed by atoms with van der Waals surface area (Å²) in [4.78, 5) is 33.9. The van der Waals surface area contributed by atoms with Gasteiger partial charge < -0.3 is 43.6 Å². The molecular formula is C50H52N4O11. The zero-order valence-corrected chi connectivity index (χ0v) is 36.2. The molecular weight excluding hydrogens is 833 g/mol. The number of hydrogen-bond acceptors (Lipinski definition) is 13. The number of benzene rings is 4. The van der Waals surface area contributed by atoms with Gasteiger partial charge in [-0.3, -0.25) is 14.9 Å². The van der Waals surface area contributed by atoms with Crippen LogP contribution in [0.5, 0.6) is 28.7 Å². The number of nitro groups is 1. The van der Waals surface area contributed by atoms with E-state index in [4.69, 9.17) is 28.5 Å². The van der Waals surface area contributed by atoms with Crippen molar-refractivity contribution in [2.45, 2.75) is 69.2 Å². The third kappa shape index (κ3) is 9.15. The monoisotopic (exact) mass is 884 g/mol. The molecule has 1 amide bonds. The number of nitrogens with zero attached hydrogens (tertiary/aromatic N) is 4. The smallest absolute Gasteiger partial charge is 0.273 e. The maximum absolute atomic E-state index is 15.3. The van der Waals surface area contributed by atoms with Crippen LogP contribution in [0.2, 0.25) is 0 Å². The van der Waals surface area contributed by atoms with Gasteiger partial charge in [-0.15, -0.1) is 6.58 Å². The first-order valence-corrected chi connectivity index (χ1v) is 22.0. The lowest BCUT2D eigenvalue weighted by molar-refractivity contribution is -0.384. The lowest BCUT2D eigenvalue weighted by Crippen LogP contribution is -2.70. The summed E-state index contributed by atoms with van der Waals surface area (Å²) >= 11 is 0. The first-order valence-electron chi connectivity index (χ1n) is 22.0. The van der Waals surface area contributed by atoms with Crippen molar-refractivity contribution in [2.75, 3.05) is 33.7 Å². The number of nitriles is 1. The number of aliphatic hydroxyl groups is 2. The molecule has 0 radical (unpaired) electrons. The first kappa shape index (κ1) is 44.9. The predicted octanol–water partition coefficient (Wildman–Crippen LogP) is 8.59. The summed E-state index contributed by atoms with van der Waals surface area (Å²) in [6.07, 6.45) is 8.24. The summed E-state index contributed by atoms with van der Waals surface area (Å²) in [5, 5.41) is 45.9. The Bertz CT molecular complexity index is 2500. The maximum Gasteiger partial charge on any atom is 0.273 e. The van der Waals surface area contributed by atoms with Crippen molar-refractivity contribution < 1.29 is 48.5 Å². The third-order valence-electron chi connectivity index (χ3n) is 12.8. The molecule has 4 aromatic rings. The Morgan fingerprint density at radius 2 is 1.74 bits per heavy atom. The van der Waals surface area contributed by atoms with Crippen LogP contribution >= 0.6 is 0 Å². The number of rotatable bonds is 19. The summed E-state index contributed by atoms with van der Waals surface area (Å²) in [6.45, 7) is 4.34. The van der Waals surface area contributed by atoms with Crippen molar-refractivity contribution in [3.63, 3.8) is 0 Å². The number of allylic oxidation sites excluding steroid dienone is 1. The molecule has 338 valence electrons. The van der Waals surface area contributed by atoms with Gasteiger partial charge in [0.15, 0.2) is 11.5 Å². The number of carbonyl (C=O) groups is 1. The molecule has 0 saturated heterocycles. The van der Waals surface area contributed by atoms with Gasteiger partial charge in [-0.2, -0.15) is 5.26 Å². The van der Waals surface area contributed by atoms with Gasteiger partial charge in [-0.1, -0.05) is 42.3 Å². The van der Waals surface area contributed by atoms with E-state index >= 15 is 4.79 Å². The van der Waals surface area contributed by atoms with Crippen LogP contribution in [-0.4, -0.2) is 77.2 Å². The number of unbranched alkanes of at least 4 members (excludes halogenated alkanes) is 2. The molecule has 0 bridgehead atoms. The fourth-order valence-corrected chi connectivity index (χ4v) is 10.0. The summed E-state index contributed by atoms with van der Waals surface area (Å²) in [5.41, 5.74) is 3.69. The third-order valence-corrected chi connectivity index (χ3v) is 12.8. The highest BCUT2D eigenvalue weighted by Crippen LogP contribution is 2.62. The Morgan fingerprint density at radius 1 is 0.985 bits per heavy atom. The Morgan fingerprint density at radius 3 is 2.48 bits per heavy atom. The molecule has 1 saturated carbocycles. The summed E-state index contributed by atoms with van der Waals surface area (Å²) in [7, 11) is 1.49. The number of ether oxygens (including phenoxy) is 5. The molecule has 15 nitrogen and oxygen atoms in total. The van der Waals surface area contributed by atoms with Crippen molar-refractivity contribution in [3.05, 3.63) is 142 Å². The molecule has 0 aromatic heterocycles. The fourth-order valence-electron chi connectivity index (χ4n) is 10.0. The molecule has 15 heteroatoms. The number of non-ortho nitro benzene ring substituents is 1. The molecule has 4 aromatic carbocycles. The molecule has 1 fully saturated rings. The van der Waals surface area contributed by atoms with E-state index < -0.39 is 22.7 Å². The molecule has 2 heterocycles. The fraction of sp³-hybridized carbons (Fsp3) is 0.380. The van der Waals surface area contributed by atoms with Crippen LogP contribution in [0.4, 0.5) is 5.69 Å². The van der Waals surface area contributed by atoms with Crippen LogP contribution in [0, 0.1) is 39.2 Å². The number of amides is 1. The highest BCUT2D eigenvalue weighted by Gasteiger charge is 2.65. The average Bonchev–Trinajstić information content (AvgIpc) is 3.80. The van der Waals surface area contributed by atoms with E-state index in [0.717, 1.165) is 42.4 Å². The minimum atomic E-state index is -1.56. The normalized spacial score (nSPS) is 23.0. The zero-order chi connectivity index (χ0) is 45.5. The Kier molecular flexibility index (Phi) is 13.8. The second-order valence-corrected chi connectivity index (χ2v) is 16.6. The molecule has 6 atom stereocenters. The van der Waals surface area contributed by atoms with Crippen molar-refractivity contribution >= 4 is 17.3 Å². The Labute approximate surface area is 377 Å². The van der Waals surface area contributed by atoms with Gasteiger partial charge in [-0.05, 0) is 109 Å². The summed E-state index contributed by atoms with van der Waals surface area (Å²) in [6, 6.07) is 24.8. The van der Waals surface area contributed by atoms with Gasteiger partial charge in [0, 0.05) is 49.3 Å². The highest BCUT2D eigenvalue weighted by molar-refractivity contribution is 6.03. The number of aliphatic hydroxyl groups excluding tert-OH is 2. The quantitative estimate of drug-likeness (QED) is 0.0395. The van der Waals surface area contributed by atoms with Crippen molar-refractivity contribution in [1.29, 1.82) is 5.26 Å². The number of carbonyl (C=O) groups excluding carboxylic acids is 1. The highest BCUT2D eigenvalue weighted by atomic mass is 16.7. The Balaban J connectivity index is 1.34. The van der Waals surface area contributed by atoms with Crippen LogP contribution in [0.1, 0.15) is 77.9 Å². The Hall–Kier alpha value is -6.73. The molecule has 2 aliphatic carbocycles. The summed E-state index contributed by atoms with van der Waals surface area (Å²) in [5.74, 6) is -0.533. The second-order valence-electron chi connectivity index (χ2n) is 16.6. The van der Waals surface area contributed by atoms with Crippen molar-refractivity contribution in [3.8, 4) is 34.8 Å². The molecule has 4 aliphatic rings. The van der Waals surface area contributed by atoms with Crippen LogP contribution in [0.15, 0.2) is 114 Å². The van der Waals surface area contributed by atoms with Crippen LogP contribution in [0.3, 0.4) is 0 Å². The molecule has 6 unspecified atom stereocenters. The molecule has 2 aliphatic heterocycles. The number of hydrogen-bond donors (Lipinski definition) is 2. The van der Waals surface area contributed by atoms with Gasteiger partial charge in [-0.25, -0.2) is 0 Å². The largest absolute Gasteiger partial charge is 0.459 e. The maximum atomic E-state index is 15.3. The van der Waals surface area contributed by atoms with Crippen LogP contribution in [0.25, 0.3) is 0 Å². The van der Waals surface area contributed by atoms with Gasteiger partial charge in [0.1, 0.15) is 30.4 Å². The van der Waals surface area contributed by atoms with Gasteiger partial charge in [0.2, 0.25) is 12.6 Å². The lowest BCUT2D eigenvalue weighted by atomic mass is 9.55. The van der Waals surface area contributed by atoms with E-state index in [1.807, 2.05) is 30.3 Å². The van der Waals surface area contributed by atoms with Crippen molar-refractivity contribution in [1.82, 2.24) is 4.90 Å². The number of nitro benzene ring substituents is 1. The average molecular weight is 885 g/mol. The molecule has 2 N–H and O–H groups in total. The van der Waals surface area contributed by atoms with Gasteiger partial charge in [0.05, 0.1) is 40.9 Å². The van der Waals surface area contributed by atoms with Gasteiger partial charge >= 0.3 is 0 Å². The number of fused-ring (bicyclic) bond motifs is 3. The predicted molar refractivity (Wildman–Crippen MR) is 239 cm³/mol. The van der Waals surface area contributed by atoms with Crippen LogP contribution in [-0.2, 0) is 16.1 Å². The van der Waals surface area contributed by atoms with E-state index in [-0.39, 0.29) is 74.7 Å².